The number of aromatic nitrogens is 6. The van der Waals surface area contributed by atoms with Gasteiger partial charge in [0.25, 0.3) is 17.7 Å². The molecule has 33 nitrogen and oxygen atoms in total. The number of anilines is 5. The van der Waals surface area contributed by atoms with Gasteiger partial charge in [0, 0.05) is 273 Å². The van der Waals surface area contributed by atoms with E-state index in [1.807, 2.05) is 73.6 Å². The van der Waals surface area contributed by atoms with Gasteiger partial charge in [-0.05, 0) is 258 Å². The Morgan fingerprint density at radius 1 is 0.386 bits per heavy atom. The summed E-state index contributed by atoms with van der Waals surface area (Å²) in [6, 6.07) is 42.2. The third-order valence-electron chi connectivity index (χ3n) is 32.5. The van der Waals surface area contributed by atoms with Crippen LogP contribution in [0, 0.1) is 17.8 Å². The molecule has 10 saturated heterocycles. The summed E-state index contributed by atoms with van der Waals surface area (Å²) in [6.07, 6.45) is 29.4. The fourth-order valence-electron chi connectivity index (χ4n) is 23.8. The normalized spacial score (nSPS) is 21.3. The van der Waals surface area contributed by atoms with Gasteiger partial charge in [0.15, 0.2) is 6.29 Å². The Hall–Kier alpha value is -13.4. The molecular weight excluding hydrogens is 1840 g/mol. The zero-order chi connectivity index (χ0) is 99.6. The van der Waals surface area contributed by atoms with Gasteiger partial charge in [0.2, 0.25) is 35.4 Å². The molecule has 19 heterocycles. The standard InChI is InChI=1S/C45H50N8O4.C25H27N5O.C22H29N3O5.C20H23N3O4/c1-49-39-10-16-46-25-38(39)37-5-2-30(23-41(37)49)31-3-8-42(47-24-31)52-27-35(28-52)57-34-14-18-50(19-15-34)17-11-29-12-20-51(21-13-29)33-4-6-36-32(22-33)26-53(45(36)56)40-7-9-43(54)48-44(40)55;1-29-23-8-11-27-14-22(23)21-4-2-17(12-24(21)29)18-3-5-25(28-13-18)30-15-20(16-30)31-19-6-9-26-10-7-19;1-29-20(30-2)11-14-7-9-24(10-8-14)16-3-4-17-15(12-16)13-25(22(17)28)18-5-6-19(26)23-21(18)27;24-10-7-13-5-8-22(9-6-13)15-1-2-16-14(11-15)12-23(20(16)27)17-3-4-18(25)21-19(17)26/h2-6,8,10,16,22-25,29,34-35,40H,7,9,11-15,17-21,26-28H2,1H3,(H,48,54,55);2-5,8,11-14,19-20,26H,6-7,9-10,15-16H2,1H3;3-4,12,14,18,20H,5-11,13H2,1-2H3,(H,23,26,27);1-2,10-11,13,17H,3-9,12H2,(H,21,25,26). The molecule has 145 heavy (non-hydrogen) atoms. The van der Waals surface area contributed by atoms with Crippen LogP contribution in [0.4, 0.5) is 28.7 Å². The number of aldehydes is 1. The van der Waals surface area contributed by atoms with Gasteiger partial charge in [0.05, 0.1) is 35.4 Å². The van der Waals surface area contributed by atoms with Crippen LogP contribution in [0.15, 0.2) is 165 Å². The molecular formula is C112H129N19O14. The predicted octanol–water partition coefficient (Wildman–Crippen LogP) is 12.2. The lowest BCUT2D eigenvalue weighted by molar-refractivity contribution is -0.138. The fraction of sp³-hybridized carbons (Fsp3) is 0.464. The smallest absolute Gasteiger partial charge is 0.255 e. The summed E-state index contributed by atoms with van der Waals surface area (Å²) in [7, 11) is 7.57. The van der Waals surface area contributed by atoms with Crippen LogP contribution in [0.25, 0.3) is 65.9 Å². The molecule has 0 bridgehead atoms. The zero-order valence-electron chi connectivity index (χ0n) is 83.1. The number of hydrogen-bond donors (Lipinski definition) is 4. The highest BCUT2D eigenvalue weighted by Crippen LogP contribution is 2.41. The van der Waals surface area contributed by atoms with Crippen molar-refractivity contribution < 1.29 is 66.9 Å². The summed E-state index contributed by atoms with van der Waals surface area (Å²) >= 11 is 0. The van der Waals surface area contributed by atoms with Crippen molar-refractivity contribution in [3.05, 3.63) is 198 Å². The molecule has 4 N–H and O–H groups in total. The number of piperidine rings is 8. The Labute approximate surface area is 843 Å². The first-order valence-corrected chi connectivity index (χ1v) is 52.0. The highest BCUT2D eigenvalue weighted by Gasteiger charge is 2.45. The van der Waals surface area contributed by atoms with Crippen LogP contribution in [-0.2, 0) is 86.2 Å². The number of likely N-dealkylation sites (tertiary alicyclic amines) is 1. The molecule has 0 saturated carbocycles. The number of methoxy groups -OCH3 is 2. The van der Waals surface area contributed by atoms with E-state index in [1.165, 1.54) is 68.4 Å². The largest absolute Gasteiger partial charge is 0.372 e. The van der Waals surface area contributed by atoms with E-state index in [9.17, 15) is 47.9 Å². The summed E-state index contributed by atoms with van der Waals surface area (Å²) in [5.41, 5.74) is 17.6. The first kappa shape index (κ1) is 97.6. The number of rotatable bonds is 23. The minimum absolute atomic E-state index is 0.115. The van der Waals surface area contributed by atoms with E-state index in [0.29, 0.717) is 92.2 Å². The molecule has 33 heteroatoms. The number of amides is 9. The second kappa shape index (κ2) is 43.1. The Balaban J connectivity index is 0.000000121. The Morgan fingerprint density at radius 3 is 1.17 bits per heavy atom. The second-order valence-electron chi connectivity index (χ2n) is 41.3. The molecule has 0 radical (unpaired) electrons. The predicted molar refractivity (Wildman–Crippen MR) is 552 cm³/mol. The molecule has 24 rings (SSSR count). The van der Waals surface area contributed by atoms with Gasteiger partial charge in [-0.1, -0.05) is 24.3 Å². The lowest BCUT2D eigenvalue weighted by atomic mass is 9.92. The van der Waals surface area contributed by atoms with Gasteiger partial charge in [0.1, 0.15) is 36.0 Å². The highest BCUT2D eigenvalue weighted by atomic mass is 16.7. The van der Waals surface area contributed by atoms with E-state index in [2.05, 4.69) is 175 Å². The third kappa shape index (κ3) is 21.0. The minimum atomic E-state index is -0.579. The van der Waals surface area contributed by atoms with Crippen molar-refractivity contribution in [2.24, 2.45) is 31.8 Å². The maximum Gasteiger partial charge on any atom is 0.255 e. The minimum Gasteiger partial charge on any atom is -0.372 e. The number of carbonyl (C=O) groups excluding carboxylic acids is 10. The van der Waals surface area contributed by atoms with E-state index in [4.69, 9.17) is 28.9 Å². The van der Waals surface area contributed by atoms with Crippen molar-refractivity contribution >= 4 is 132 Å². The number of hydrogen-bond acceptors (Lipinski definition) is 25. The van der Waals surface area contributed by atoms with Crippen molar-refractivity contribution in [2.45, 2.75) is 190 Å². The molecule has 13 aliphatic rings. The molecule has 0 aliphatic carbocycles. The van der Waals surface area contributed by atoms with Crippen LogP contribution in [0.3, 0.4) is 0 Å². The van der Waals surface area contributed by atoms with Crippen molar-refractivity contribution in [1.82, 2.24) is 69.9 Å². The molecule has 3 atom stereocenters. The molecule has 6 aromatic heterocycles. The molecule has 9 amide bonds. The molecule has 756 valence electrons. The molecule has 10 fully saturated rings. The van der Waals surface area contributed by atoms with Gasteiger partial charge >= 0.3 is 0 Å². The van der Waals surface area contributed by atoms with Gasteiger partial charge in [-0.15, -0.1) is 0 Å². The van der Waals surface area contributed by atoms with Crippen molar-refractivity contribution in [1.29, 1.82) is 0 Å². The fourth-order valence-corrected chi connectivity index (χ4v) is 23.8. The van der Waals surface area contributed by atoms with Crippen LogP contribution in [0.1, 0.15) is 170 Å². The van der Waals surface area contributed by atoms with Gasteiger partial charge < -0.3 is 82.3 Å². The van der Waals surface area contributed by atoms with E-state index in [1.54, 1.807) is 28.9 Å². The number of imide groups is 3. The van der Waals surface area contributed by atoms with Gasteiger partial charge in [-0.25, -0.2) is 9.97 Å². The monoisotopic (exact) mass is 1960 g/mol. The van der Waals surface area contributed by atoms with Gasteiger partial charge in [-0.2, -0.15) is 0 Å². The van der Waals surface area contributed by atoms with Crippen molar-refractivity contribution in [2.75, 3.05) is 137 Å². The lowest BCUT2D eigenvalue weighted by Crippen LogP contribution is -2.54. The third-order valence-corrected chi connectivity index (χ3v) is 32.5. The first-order valence-electron chi connectivity index (χ1n) is 52.0. The average molecular weight is 1970 g/mol. The van der Waals surface area contributed by atoms with E-state index < -0.39 is 18.1 Å². The Morgan fingerprint density at radius 2 is 0.779 bits per heavy atom. The molecule has 0 spiro atoms. The van der Waals surface area contributed by atoms with Crippen molar-refractivity contribution in [3.63, 3.8) is 0 Å². The van der Waals surface area contributed by atoms with E-state index >= 15 is 0 Å². The maximum absolute atomic E-state index is 13.1. The summed E-state index contributed by atoms with van der Waals surface area (Å²) in [4.78, 5) is 158. The molecule has 11 aromatic rings. The maximum atomic E-state index is 13.1. The molecule has 13 aliphatic heterocycles. The number of carbonyl (C=O) groups is 10. The van der Waals surface area contributed by atoms with Crippen molar-refractivity contribution in [3.8, 4) is 22.3 Å². The van der Waals surface area contributed by atoms with E-state index in [0.717, 1.165) is 230 Å². The molecule has 3 unspecified atom stereocenters. The number of pyridine rings is 4. The summed E-state index contributed by atoms with van der Waals surface area (Å²) in [5.74, 6) is 1.49. The number of nitrogens with one attached hydrogen (secondary N) is 4. The summed E-state index contributed by atoms with van der Waals surface area (Å²) in [6.45, 7) is 16.2. The number of ether oxygens (including phenoxy) is 4. The Bertz CT molecular complexity index is 6700. The number of nitrogens with zero attached hydrogens (tertiary/aromatic N) is 15. The lowest BCUT2D eigenvalue weighted by Gasteiger charge is -2.43. The number of aryl methyl sites for hydroxylation is 2. The average Bonchev–Trinajstić information content (AvgIpc) is 1.67. The highest BCUT2D eigenvalue weighted by molar-refractivity contribution is 6.11. The zero-order valence-corrected chi connectivity index (χ0v) is 83.1. The van der Waals surface area contributed by atoms with Crippen LogP contribution in [0.5, 0.6) is 0 Å². The summed E-state index contributed by atoms with van der Waals surface area (Å²) < 4.78 is 27.9. The first-order chi connectivity index (χ1) is 70.7. The van der Waals surface area contributed by atoms with Crippen LogP contribution in [-0.4, -0.2) is 269 Å². The topological polar surface area (TPSA) is 346 Å². The Kier molecular flexibility index (Phi) is 29.0. The second-order valence-corrected chi connectivity index (χ2v) is 41.3. The molecule has 5 aromatic carbocycles. The quantitative estimate of drug-likeness (QED) is 0.0262. The van der Waals surface area contributed by atoms with Crippen LogP contribution < -0.4 is 45.8 Å². The van der Waals surface area contributed by atoms with E-state index in [-0.39, 0.29) is 84.8 Å². The SMILES string of the molecule is COC(CC1CCN(c2ccc3c(c2)CN(C2CCC(=O)NC2=O)C3=O)CC1)OC.Cn1c2ccncc2c2ccc(-c3ccc(N4CC(OC5CCN(CCC6CCN(c7ccc8c(c7)CN(C7CCC(=O)NC7=O)C8=O)CC6)CC5)C4)nc3)cc21.Cn1c2ccncc2c2ccc(-c3ccc(N4CC(OC5CCNCC5)C4)nc3)cc21.O=CCC1CCN(c2ccc3c(c2)CN(C2CCC(=O)NC2=O)C3=O)CC1. The summed E-state index contributed by atoms with van der Waals surface area (Å²) in [5, 5.41) is 15.3. The number of benzene rings is 5. The number of fused-ring (bicyclic) bond motifs is 9. The van der Waals surface area contributed by atoms with Crippen LogP contribution >= 0.6 is 0 Å². The van der Waals surface area contributed by atoms with Gasteiger partial charge in [-0.3, -0.25) is 69.1 Å². The van der Waals surface area contributed by atoms with Crippen LogP contribution in [0.2, 0.25) is 0 Å².